The van der Waals surface area contributed by atoms with Gasteiger partial charge in [-0.05, 0) is 32.1 Å². The Bertz CT molecular complexity index is 298. The van der Waals surface area contributed by atoms with E-state index in [0.717, 1.165) is 38.1 Å². The van der Waals surface area contributed by atoms with Gasteiger partial charge in [-0.15, -0.1) is 0 Å². The van der Waals surface area contributed by atoms with Gasteiger partial charge in [0.25, 0.3) is 0 Å². The van der Waals surface area contributed by atoms with Crippen LogP contribution < -0.4 is 5.32 Å². The second kappa shape index (κ2) is 11.6. The van der Waals surface area contributed by atoms with Gasteiger partial charge >= 0.3 is 5.97 Å². The van der Waals surface area contributed by atoms with Crippen LogP contribution in [0.4, 0.5) is 0 Å². The number of hydrogen-bond donors (Lipinski definition) is 1. The Kier molecular flexibility index (Phi) is 9.92. The van der Waals surface area contributed by atoms with Gasteiger partial charge in [0, 0.05) is 19.4 Å². The topological polar surface area (TPSA) is 55.4 Å². The fourth-order valence-electron chi connectivity index (χ4n) is 2.93. The monoisotopic (exact) mass is 297 g/mol. The van der Waals surface area contributed by atoms with Gasteiger partial charge in [0.2, 0.25) is 5.91 Å². The Balaban J connectivity index is 1.90. The molecule has 1 saturated carbocycles. The molecule has 0 saturated heterocycles. The summed E-state index contributed by atoms with van der Waals surface area (Å²) in [6.07, 6.45) is 11.6. The summed E-state index contributed by atoms with van der Waals surface area (Å²) in [6.45, 7) is 3.00. The number of hydrogen-bond acceptors (Lipinski definition) is 3. The van der Waals surface area contributed by atoms with Crippen LogP contribution in [0.3, 0.4) is 0 Å². The van der Waals surface area contributed by atoms with E-state index in [0.29, 0.717) is 19.4 Å². The van der Waals surface area contributed by atoms with Gasteiger partial charge in [-0.3, -0.25) is 9.59 Å². The highest BCUT2D eigenvalue weighted by molar-refractivity contribution is 5.75. The maximum Gasteiger partial charge on any atom is 0.305 e. The minimum atomic E-state index is -0.117. The van der Waals surface area contributed by atoms with Crippen LogP contribution in [0, 0.1) is 5.92 Å². The largest absolute Gasteiger partial charge is 0.466 e. The van der Waals surface area contributed by atoms with Crippen LogP contribution in [0.1, 0.15) is 77.6 Å². The molecular weight excluding hydrogens is 266 g/mol. The van der Waals surface area contributed by atoms with Crippen molar-refractivity contribution in [3.8, 4) is 0 Å². The molecule has 0 unspecified atom stereocenters. The minimum Gasteiger partial charge on any atom is -0.466 e. The number of rotatable bonds is 10. The van der Waals surface area contributed by atoms with Crippen molar-refractivity contribution < 1.29 is 14.3 Å². The van der Waals surface area contributed by atoms with Crippen molar-refractivity contribution in [1.29, 1.82) is 0 Å². The molecule has 1 N–H and O–H groups in total. The van der Waals surface area contributed by atoms with E-state index in [1.165, 1.54) is 32.1 Å². The Morgan fingerprint density at radius 2 is 1.81 bits per heavy atom. The van der Waals surface area contributed by atoms with E-state index in [2.05, 4.69) is 5.32 Å². The van der Waals surface area contributed by atoms with Crippen molar-refractivity contribution in [1.82, 2.24) is 5.32 Å². The van der Waals surface area contributed by atoms with Gasteiger partial charge in [0.05, 0.1) is 6.61 Å². The van der Waals surface area contributed by atoms with Crippen LogP contribution in [0.25, 0.3) is 0 Å². The highest BCUT2D eigenvalue weighted by Gasteiger charge is 2.14. The van der Waals surface area contributed by atoms with E-state index in [-0.39, 0.29) is 11.9 Å². The van der Waals surface area contributed by atoms with Gasteiger partial charge in [0.15, 0.2) is 0 Å². The molecule has 0 aromatic heterocycles. The second-order valence-electron chi connectivity index (χ2n) is 6.01. The lowest BCUT2D eigenvalue weighted by molar-refractivity contribution is -0.143. The molecular formula is C17H31NO3. The molecule has 1 aliphatic rings. The van der Waals surface area contributed by atoms with Gasteiger partial charge in [-0.2, -0.15) is 0 Å². The first-order chi connectivity index (χ1) is 10.2. The number of unbranched alkanes of at least 4 members (excludes halogenated alkanes) is 2. The van der Waals surface area contributed by atoms with Crippen LogP contribution in [-0.4, -0.2) is 25.0 Å². The summed E-state index contributed by atoms with van der Waals surface area (Å²) >= 11 is 0. The normalized spacial score (nSPS) is 15.7. The van der Waals surface area contributed by atoms with Gasteiger partial charge in [-0.25, -0.2) is 0 Å². The quantitative estimate of drug-likeness (QED) is 0.495. The van der Waals surface area contributed by atoms with Crippen molar-refractivity contribution in [3.63, 3.8) is 0 Å². The summed E-state index contributed by atoms with van der Waals surface area (Å²) < 4.78 is 4.87. The van der Waals surface area contributed by atoms with Crippen LogP contribution >= 0.6 is 0 Å². The van der Waals surface area contributed by atoms with Gasteiger partial charge < -0.3 is 10.1 Å². The number of carbonyl (C=O) groups is 2. The number of esters is 1. The van der Waals surface area contributed by atoms with Gasteiger partial charge in [-0.1, -0.05) is 38.5 Å². The fourth-order valence-corrected chi connectivity index (χ4v) is 2.93. The first kappa shape index (κ1) is 18.0. The van der Waals surface area contributed by atoms with Crippen LogP contribution in [0.5, 0.6) is 0 Å². The fraction of sp³-hybridized carbons (Fsp3) is 0.882. The molecule has 0 aromatic carbocycles. The molecule has 1 amide bonds. The molecule has 0 aromatic rings. The third kappa shape index (κ3) is 9.48. The predicted molar refractivity (Wildman–Crippen MR) is 83.9 cm³/mol. The predicted octanol–water partition coefficient (Wildman–Crippen LogP) is 3.59. The second-order valence-corrected chi connectivity index (χ2v) is 6.01. The van der Waals surface area contributed by atoms with Crippen molar-refractivity contribution in [2.24, 2.45) is 5.92 Å². The smallest absolute Gasteiger partial charge is 0.305 e. The molecule has 21 heavy (non-hydrogen) atoms. The maximum atomic E-state index is 11.7. The number of ether oxygens (including phenoxy) is 1. The summed E-state index contributed by atoms with van der Waals surface area (Å²) in [7, 11) is 0. The van der Waals surface area contributed by atoms with E-state index < -0.39 is 0 Å². The van der Waals surface area contributed by atoms with E-state index in [4.69, 9.17) is 4.74 Å². The molecule has 1 rings (SSSR count). The summed E-state index contributed by atoms with van der Waals surface area (Å²) in [5.41, 5.74) is 0. The van der Waals surface area contributed by atoms with E-state index >= 15 is 0 Å². The Morgan fingerprint density at radius 1 is 1.05 bits per heavy atom. The van der Waals surface area contributed by atoms with E-state index in [1.807, 2.05) is 6.92 Å². The zero-order chi connectivity index (χ0) is 15.3. The van der Waals surface area contributed by atoms with Crippen molar-refractivity contribution in [2.45, 2.75) is 77.6 Å². The third-order valence-electron chi connectivity index (χ3n) is 4.19. The summed E-state index contributed by atoms with van der Waals surface area (Å²) in [4.78, 5) is 22.9. The Morgan fingerprint density at radius 3 is 2.52 bits per heavy atom. The molecule has 0 atom stereocenters. The highest BCUT2D eigenvalue weighted by atomic mass is 16.5. The first-order valence-electron chi connectivity index (χ1n) is 8.64. The molecule has 0 heterocycles. The zero-order valence-electron chi connectivity index (χ0n) is 13.5. The molecule has 0 aliphatic heterocycles. The molecule has 0 spiro atoms. The van der Waals surface area contributed by atoms with Crippen LogP contribution in [-0.2, 0) is 14.3 Å². The SMILES string of the molecule is CCOC(=O)CCCCCNC(=O)CCC1CCCCC1. The standard InChI is InChI=1S/C17H31NO3/c1-2-21-17(20)11-7-4-8-14-18-16(19)13-12-15-9-5-3-6-10-15/h15H,2-14H2,1H3,(H,18,19). The molecule has 122 valence electrons. The Labute approximate surface area is 129 Å². The summed E-state index contributed by atoms with van der Waals surface area (Å²) in [6, 6.07) is 0. The van der Waals surface area contributed by atoms with E-state index in [1.54, 1.807) is 0 Å². The number of amides is 1. The lowest BCUT2D eigenvalue weighted by Crippen LogP contribution is -2.25. The lowest BCUT2D eigenvalue weighted by atomic mass is 9.86. The van der Waals surface area contributed by atoms with Crippen molar-refractivity contribution in [3.05, 3.63) is 0 Å². The highest BCUT2D eigenvalue weighted by Crippen LogP contribution is 2.27. The molecule has 4 heteroatoms. The van der Waals surface area contributed by atoms with Crippen molar-refractivity contribution >= 4 is 11.9 Å². The molecule has 1 aliphatic carbocycles. The third-order valence-corrected chi connectivity index (χ3v) is 4.19. The summed E-state index contributed by atoms with van der Waals surface area (Å²) in [5.74, 6) is 0.842. The van der Waals surface area contributed by atoms with Crippen LogP contribution in [0.2, 0.25) is 0 Å². The van der Waals surface area contributed by atoms with Crippen LogP contribution in [0.15, 0.2) is 0 Å². The zero-order valence-corrected chi connectivity index (χ0v) is 13.5. The van der Waals surface area contributed by atoms with E-state index in [9.17, 15) is 9.59 Å². The minimum absolute atomic E-state index is 0.117. The summed E-state index contributed by atoms with van der Waals surface area (Å²) in [5, 5.41) is 2.98. The van der Waals surface area contributed by atoms with Gasteiger partial charge in [0.1, 0.15) is 0 Å². The number of nitrogens with one attached hydrogen (secondary N) is 1. The average molecular weight is 297 g/mol. The average Bonchev–Trinajstić information content (AvgIpc) is 2.50. The molecule has 1 fully saturated rings. The lowest BCUT2D eigenvalue weighted by Gasteiger charge is -2.20. The Hall–Kier alpha value is -1.06. The maximum absolute atomic E-state index is 11.7. The van der Waals surface area contributed by atoms with Crippen molar-refractivity contribution in [2.75, 3.05) is 13.2 Å². The molecule has 0 radical (unpaired) electrons. The number of carbonyl (C=O) groups excluding carboxylic acids is 2. The molecule has 0 bridgehead atoms. The molecule has 4 nitrogen and oxygen atoms in total. The first-order valence-corrected chi connectivity index (χ1v) is 8.64.